The Hall–Kier alpha value is -4.10. The van der Waals surface area contributed by atoms with Crippen LogP contribution < -0.4 is 5.32 Å². The molecule has 4 aromatic rings. The first-order chi connectivity index (χ1) is 14.6. The van der Waals surface area contributed by atoms with Crippen molar-refractivity contribution in [3.8, 4) is 6.07 Å². The van der Waals surface area contributed by atoms with Crippen LogP contribution in [0.5, 0.6) is 0 Å². The van der Waals surface area contributed by atoms with Crippen LogP contribution in [0.4, 0.5) is 5.69 Å². The minimum absolute atomic E-state index is 0.0670. The zero-order chi connectivity index (χ0) is 20.9. The lowest BCUT2D eigenvalue weighted by Crippen LogP contribution is -2.13. The van der Waals surface area contributed by atoms with Gasteiger partial charge in [-0.05, 0) is 36.8 Å². The van der Waals surface area contributed by atoms with Gasteiger partial charge in [-0.3, -0.25) is 4.79 Å². The quantitative estimate of drug-likeness (QED) is 0.358. The highest BCUT2D eigenvalue weighted by Gasteiger charge is 2.13. The van der Waals surface area contributed by atoms with Crippen molar-refractivity contribution in [3.63, 3.8) is 0 Å². The maximum absolute atomic E-state index is 12.6. The second-order valence-electron chi connectivity index (χ2n) is 7.21. The molecule has 146 valence electrons. The van der Waals surface area contributed by atoms with E-state index in [9.17, 15) is 10.1 Å². The number of hydrogen-bond donors (Lipinski definition) is 1. The van der Waals surface area contributed by atoms with Gasteiger partial charge >= 0.3 is 0 Å². The summed E-state index contributed by atoms with van der Waals surface area (Å²) >= 11 is 0. The SMILES string of the molecule is Cc1cccc(Cn2cc(/C=C(\C#N)C(=O)Nc3ccccc3)c3ccccc32)c1. The maximum Gasteiger partial charge on any atom is 0.266 e. The summed E-state index contributed by atoms with van der Waals surface area (Å²) in [5, 5.41) is 13.4. The number of amides is 1. The normalized spacial score (nSPS) is 11.3. The Kier molecular flexibility index (Phi) is 5.45. The number of nitriles is 1. The first-order valence-electron chi connectivity index (χ1n) is 9.75. The molecule has 3 aromatic carbocycles. The number of aromatic nitrogens is 1. The fourth-order valence-corrected chi connectivity index (χ4v) is 3.55. The molecule has 4 rings (SSSR count). The van der Waals surface area contributed by atoms with Crippen molar-refractivity contribution in [3.05, 3.63) is 107 Å². The highest BCUT2D eigenvalue weighted by Crippen LogP contribution is 2.25. The minimum Gasteiger partial charge on any atom is -0.342 e. The summed E-state index contributed by atoms with van der Waals surface area (Å²) in [6, 6.07) is 27.6. The third-order valence-electron chi connectivity index (χ3n) is 4.95. The monoisotopic (exact) mass is 391 g/mol. The van der Waals surface area contributed by atoms with Gasteiger partial charge in [0, 0.05) is 34.9 Å². The molecule has 0 aliphatic carbocycles. The molecule has 30 heavy (non-hydrogen) atoms. The number of para-hydroxylation sites is 2. The second-order valence-corrected chi connectivity index (χ2v) is 7.21. The number of benzene rings is 3. The van der Waals surface area contributed by atoms with Crippen LogP contribution in [0, 0.1) is 18.3 Å². The van der Waals surface area contributed by atoms with Gasteiger partial charge in [0.2, 0.25) is 0 Å². The van der Waals surface area contributed by atoms with Gasteiger partial charge in [-0.15, -0.1) is 0 Å². The van der Waals surface area contributed by atoms with E-state index >= 15 is 0 Å². The van der Waals surface area contributed by atoms with E-state index in [-0.39, 0.29) is 5.57 Å². The lowest BCUT2D eigenvalue weighted by molar-refractivity contribution is -0.112. The Balaban J connectivity index is 1.69. The van der Waals surface area contributed by atoms with Crippen molar-refractivity contribution in [2.75, 3.05) is 5.32 Å². The zero-order valence-electron chi connectivity index (χ0n) is 16.7. The molecule has 1 aromatic heterocycles. The van der Waals surface area contributed by atoms with Crippen LogP contribution in [0.2, 0.25) is 0 Å². The summed E-state index contributed by atoms with van der Waals surface area (Å²) in [5.74, 6) is -0.417. The van der Waals surface area contributed by atoms with E-state index in [1.807, 2.05) is 48.7 Å². The van der Waals surface area contributed by atoms with Crippen LogP contribution >= 0.6 is 0 Å². The van der Waals surface area contributed by atoms with E-state index in [0.29, 0.717) is 12.2 Å². The van der Waals surface area contributed by atoms with Crippen molar-refractivity contribution in [2.45, 2.75) is 13.5 Å². The molecule has 0 saturated heterocycles. The predicted molar refractivity (Wildman–Crippen MR) is 121 cm³/mol. The molecule has 1 N–H and O–H groups in total. The number of aryl methyl sites for hydroxylation is 1. The van der Waals surface area contributed by atoms with Crippen LogP contribution in [0.3, 0.4) is 0 Å². The van der Waals surface area contributed by atoms with Gasteiger partial charge in [0.05, 0.1) is 0 Å². The van der Waals surface area contributed by atoms with Crippen LogP contribution in [-0.2, 0) is 11.3 Å². The summed E-state index contributed by atoms with van der Waals surface area (Å²) in [7, 11) is 0. The molecule has 0 aliphatic rings. The lowest BCUT2D eigenvalue weighted by atomic mass is 10.1. The van der Waals surface area contributed by atoms with E-state index in [2.05, 4.69) is 47.1 Å². The molecule has 4 nitrogen and oxygen atoms in total. The molecule has 0 spiro atoms. The van der Waals surface area contributed by atoms with Gasteiger partial charge in [-0.1, -0.05) is 66.2 Å². The van der Waals surface area contributed by atoms with Crippen molar-refractivity contribution in [1.29, 1.82) is 5.26 Å². The van der Waals surface area contributed by atoms with E-state index in [1.165, 1.54) is 11.1 Å². The van der Waals surface area contributed by atoms with Crippen molar-refractivity contribution < 1.29 is 4.79 Å². The summed E-state index contributed by atoms with van der Waals surface area (Å²) in [6.07, 6.45) is 3.66. The molecule has 0 unspecified atom stereocenters. The molecule has 1 heterocycles. The van der Waals surface area contributed by atoms with Gasteiger partial charge < -0.3 is 9.88 Å². The summed E-state index contributed by atoms with van der Waals surface area (Å²) in [5.41, 5.74) is 5.05. The number of nitrogens with zero attached hydrogens (tertiary/aromatic N) is 2. The molecular formula is C26H21N3O. The first kappa shape index (κ1) is 19.2. The number of fused-ring (bicyclic) bond motifs is 1. The van der Waals surface area contributed by atoms with Crippen molar-refractivity contribution >= 4 is 28.6 Å². The molecular weight excluding hydrogens is 370 g/mol. The molecule has 0 radical (unpaired) electrons. The number of nitrogens with one attached hydrogen (secondary N) is 1. The number of hydrogen-bond acceptors (Lipinski definition) is 2. The van der Waals surface area contributed by atoms with Gasteiger partial charge in [0.15, 0.2) is 0 Å². The minimum atomic E-state index is -0.417. The fourth-order valence-electron chi connectivity index (χ4n) is 3.55. The van der Waals surface area contributed by atoms with Crippen LogP contribution in [0.1, 0.15) is 16.7 Å². The lowest BCUT2D eigenvalue weighted by Gasteiger charge is -2.06. The van der Waals surface area contributed by atoms with Gasteiger partial charge in [0.1, 0.15) is 11.6 Å². The van der Waals surface area contributed by atoms with Crippen molar-refractivity contribution in [2.24, 2.45) is 0 Å². The van der Waals surface area contributed by atoms with Gasteiger partial charge in [-0.2, -0.15) is 5.26 Å². The average Bonchev–Trinajstić information content (AvgIpc) is 3.10. The number of anilines is 1. The third kappa shape index (κ3) is 4.16. The molecule has 0 atom stereocenters. The van der Waals surface area contributed by atoms with E-state index in [0.717, 1.165) is 16.5 Å². The molecule has 1 amide bonds. The number of carbonyl (C=O) groups is 1. The molecule has 0 bridgehead atoms. The zero-order valence-corrected chi connectivity index (χ0v) is 16.7. The molecule has 0 saturated carbocycles. The standard InChI is InChI=1S/C26H21N3O/c1-19-8-7-9-20(14-19)17-29-18-22(24-12-5-6-13-25(24)29)15-21(16-27)26(30)28-23-10-3-2-4-11-23/h2-15,18H,17H2,1H3,(H,28,30)/b21-15+. The maximum atomic E-state index is 12.6. The second kappa shape index (κ2) is 8.50. The van der Waals surface area contributed by atoms with Crippen LogP contribution in [0.25, 0.3) is 17.0 Å². The van der Waals surface area contributed by atoms with E-state index in [1.54, 1.807) is 18.2 Å². The number of carbonyl (C=O) groups excluding carboxylic acids is 1. The smallest absolute Gasteiger partial charge is 0.266 e. The molecule has 0 aliphatic heterocycles. The Morgan fingerprint density at radius 1 is 1.03 bits per heavy atom. The fraction of sp³-hybridized carbons (Fsp3) is 0.0769. The summed E-state index contributed by atoms with van der Waals surface area (Å²) in [4.78, 5) is 12.6. The first-order valence-corrected chi connectivity index (χ1v) is 9.75. The number of rotatable bonds is 5. The average molecular weight is 391 g/mol. The van der Waals surface area contributed by atoms with Crippen molar-refractivity contribution in [1.82, 2.24) is 4.57 Å². The highest BCUT2D eigenvalue weighted by atomic mass is 16.1. The predicted octanol–water partition coefficient (Wildman–Crippen LogP) is 5.54. The summed E-state index contributed by atoms with van der Waals surface area (Å²) < 4.78 is 2.15. The molecule has 4 heteroatoms. The van der Waals surface area contributed by atoms with E-state index < -0.39 is 5.91 Å². The molecule has 0 fully saturated rings. The van der Waals surface area contributed by atoms with E-state index in [4.69, 9.17) is 0 Å². The van der Waals surface area contributed by atoms with Crippen LogP contribution in [0.15, 0.2) is 90.6 Å². The Labute approximate surface area is 175 Å². The third-order valence-corrected chi connectivity index (χ3v) is 4.95. The topological polar surface area (TPSA) is 57.8 Å². The highest BCUT2D eigenvalue weighted by molar-refractivity contribution is 6.10. The Morgan fingerprint density at radius 3 is 2.57 bits per heavy atom. The van der Waals surface area contributed by atoms with Gasteiger partial charge in [0.25, 0.3) is 5.91 Å². The summed E-state index contributed by atoms with van der Waals surface area (Å²) in [6.45, 7) is 2.80. The largest absolute Gasteiger partial charge is 0.342 e. The van der Waals surface area contributed by atoms with Gasteiger partial charge in [-0.25, -0.2) is 0 Å². The Bertz CT molecular complexity index is 1280. The Morgan fingerprint density at radius 2 is 1.80 bits per heavy atom. The van der Waals surface area contributed by atoms with Crippen LogP contribution in [-0.4, -0.2) is 10.5 Å².